The molecule has 1 aliphatic rings. The van der Waals surface area contributed by atoms with Crippen LogP contribution in [0, 0.1) is 23.7 Å². The average Bonchev–Trinajstić information content (AvgIpc) is 2.38. The molecule has 0 N–H and O–H groups in total. The Hall–Kier alpha value is -1.30. The third-order valence-electron chi connectivity index (χ3n) is 3.40. The van der Waals surface area contributed by atoms with Crippen molar-refractivity contribution in [3.63, 3.8) is 0 Å². The second-order valence-electron chi connectivity index (χ2n) is 4.66. The predicted molar refractivity (Wildman–Crippen MR) is 57.7 cm³/mol. The van der Waals surface area contributed by atoms with Crippen molar-refractivity contribution in [1.29, 1.82) is 0 Å². The highest BCUT2D eigenvalue weighted by molar-refractivity contribution is 6.06. The predicted octanol–water partition coefficient (Wildman–Crippen LogP) is 1.43. The zero-order chi connectivity index (χ0) is 11.8. The van der Waals surface area contributed by atoms with E-state index in [1.807, 2.05) is 20.8 Å². The Morgan fingerprint density at radius 2 is 1.93 bits per heavy atom. The Bertz CT molecular complexity index is 340. The highest BCUT2D eigenvalue weighted by Crippen LogP contribution is 2.39. The third-order valence-corrected chi connectivity index (χ3v) is 3.40. The second kappa shape index (κ2) is 3.69. The summed E-state index contributed by atoms with van der Waals surface area (Å²) in [6, 6.07) is -0.439. The van der Waals surface area contributed by atoms with Gasteiger partial charge in [0.1, 0.15) is 0 Å². The summed E-state index contributed by atoms with van der Waals surface area (Å²) in [5, 5.41) is 0. The normalized spacial score (nSPS) is 28.4. The summed E-state index contributed by atoms with van der Waals surface area (Å²) >= 11 is 0. The van der Waals surface area contributed by atoms with E-state index in [0.29, 0.717) is 0 Å². The van der Waals surface area contributed by atoms with E-state index >= 15 is 0 Å². The standard InChI is InChI=1S/C12H17NO2/c1-6-9(4)13-10(14)7-12(5,8(2)3)11(13)15/h1,8-9H,7H2,2-5H3. The lowest BCUT2D eigenvalue weighted by molar-refractivity contribution is -0.143. The molecule has 0 aliphatic carbocycles. The fourth-order valence-electron chi connectivity index (χ4n) is 1.78. The fourth-order valence-corrected chi connectivity index (χ4v) is 1.78. The fraction of sp³-hybridized carbons (Fsp3) is 0.667. The van der Waals surface area contributed by atoms with Gasteiger partial charge in [0.15, 0.2) is 0 Å². The van der Waals surface area contributed by atoms with Crippen molar-refractivity contribution >= 4 is 11.8 Å². The van der Waals surface area contributed by atoms with Crippen LogP contribution in [0.3, 0.4) is 0 Å². The van der Waals surface area contributed by atoms with Gasteiger partial charge in [-0.25, -0.2) is 0 Å². The molecule has 0 bridgehead atoms. The van der Waals surface area contributed by atoms with Crippen LogP contribution < -0.4 is 0 Å². The van der Waals surface area contributed by atoms with Gasteiger partial charge in [0.25, 0.3) is 0 Å². The Balaban J connectivity index is 3.05. The summed E-state index contributed by atoms with van der Waals surface area (Å²) in [7, 11) is 0. The maximum Gasteiger partial charge on any atom is 0.236 e. The van der Waals surface area contributed by atoms with Gasteiger partial charge in [0.2, 0.25) is 11.8 Å². The number of carbonyl (C=O) groups excluding carboxylic acids is 2. The first-order valence-electron chi connectivity index (χ1n) is 5.17. The monoisotopic (exact) mass is 207 g/mol. The lowest BCUT2D eigenvalue weighted by atomic mass is 9.78. The number of nitrogens with zero attached hydrogens (tertiary/aromatic N) is 1. The highest BCUT2D eigenvalue weighted by Gasteiger charge is 2.51. The van der Waals surface area contributed by atoms with Crippen molar-refractivity contribution in [1.82, 2.24) is 4.90 Å². The van der Waals surface area contributed by atoms with E-state index in [-0.39, 0.29) is 24.2 Å². The van der Waals surface area contributed by atoms with Crippen molar-refractivity contribution in [2.75, 3.05) is 0 Å². The summed E-state index contributed by atoms with van der Waals surface area (Å²) in [6.45, 7) is 7.44. The van der Waals surface area contributed by atoms with Gasteiger partial charge in [0.05, 0.1) is 11.5 Å². The number of hydrogen-bond donors (Lipinski definition) is 0. The van der Waals surface area contributed by atoms with Crippen molar-refractivity contribution in [3.8, 4) is 12.3 Å². The maximum absolute atomic E-state index is 12.1. The summed E-state index contributed by atoms with van der Waals surface area (Å²) in [6.07, 6.45) is 5.52. The van der Waals surface area contributed by atoms with Crippen LogP contribution in [-0.4, -0.2) is 22.8 Å². The van der Waals surface area contributed by atoms with Gasteiger partial charge in [-0.1, -0.05) is 19.8 Å². The topological polar surface area (TPSA) is 37.4 Å². The zero-order valence-electron chi connectivity index (χ0n) is 9.70. The van der Waals surface area contributed by atoms with Gasteiger partial charge < -0.3 is 0 Å². The molecule has 2 unspecified atom stereocenters. The number of amides is 2. The smallest absolute Gasteiger partial charge is 0.236 e. The molecule has 0 aromatic heterocycles. The van der Waals surface area contributed by atoms with E-state index in [9.17, 15) is 9.59 Å². The molecule has 0 spiro atoms. The molecule has 15 heavy (non-hydrogen) atoms. The Morgan fingerprint density at radius 3 is 2.27 bits per heavy atom. The number of rotatable bonds is 2. The second-order valence-corrected chi connectivity index (χ2v) is 4.66. The summed E-state index contributed by atoms with van der Waals surface area (Å²) in [4.78, 5) is 25.0. The first kappa shape index (κ1) is 11.8. The van der Waals surface area contributed by atoms with E-state index < -0.39 is 11.5 Å². The maximum atomic E-state index is 12.1. The van der Waals surface area contributed by atoms with Crippen LogP contribution in [0.1, 0.15) is 34.1 Å². The molecule has 2 atom stereocenters. The van der Waals surface area contributed by atoms with Crippen LogP contribution in [0.15, 0.2) is 0 Å². The van der Waals surface area contributed by atoms with Crippen LogP contribution in [0.4, 0.5) is 0 Å². The molecule has 82 valence electrons. The molecule has 0 saturated carbocycles. The number of terminal acetylenes is 1. The minimum atomic E-state index is -0.581. The van der Waals surface area contributed by atoms with Crippen molar-refractivity contribution < 1.29 is 9.59 Å². The molecule has 1 saturated heterocycles. The first-order chi connectivity index (χ1) is 6.84. The van der Waals surface area contributed by atoms with Crippen LogP contribution in [0.2, 0.25) is 0 Å². The molecule has 1 heterocycles. The number of imide groups is 1. The Labute approximate surface area is 90.8 Å². The van der Waals surface area contributed by atoms with Crippen molar-refractivity contribution in [3.05, 3.63) is 0 Å². The molecule has 0 aromatic rings. The summed E-state index contributed by atoms with van der Waals surface area (Å²) in [5.74, 6) is 2.29. The lowest BCUT2D eigenvalue weighted by Crippen LogP contribution is -2.41. The first-order valence-corrected chi connectivity index (χ1v) is 5.17. The van der Waals surface area contributed by atoms with Gasteiger partial charge >= 0.3 is 0 Å². The minimum absolute atomic E-state index is 0.132. The molecule has 3 nitrogen and oxygen atoms in total. The quantitative estimate of drug-likeness (QED) is 0.507. The zero-order valence-corrected chi connectivity index (χ0v) is 9.70. The number of likely N-dealkylation sites (tertiary alicyclic amines) is 1. The van der Waals surface area contributed by atoms with Crippen LogP contribution >= 0.6 is 0 Å². The van der Waals surface area contributed by atoms with E-state index in [1.54, 1.807) is 6.92 Å². The lowest BCUT2D eigenvalue weighted by Gasteiger charge is -2.27. The summed E-state index contributed by atoms with van der Waals surface area (Å²) < 4.78 is 0. The molecule has 1 aliphatic heterocycles. The third kappa shape index (κ3) is 1.65. The van der Waals surface area contributed by atoms with Crippen LogP contribution in [0.25, 0.3) is 0 Å². The van der Waals surface area contributed by atoms with Gasteiger partial charge in [-0.2, -0.15) is 0 Å². The molecule has 1 fully saturated rings. The number of carbonyl (C=O) groups is 2. The highest BCUT2D eigenvalue weighted by atomic mass is 16.2. The molecule has 2 amide bonds. The van der Waals surface area contributed by atoms with Crippen molar-refractivity contribution in [2.45, 2.75) is 40.2 Å². The molecule has 0 aromatic carbocycles. The van der Waals surface area contributed by atoms with Crippen LogP contribution in [0.5, 0.6) is 0 Å². The number of hydrogen-bond acceptors (Lipinski definition) is 2. The molecular formula is C12H17NO2. The van der Waals surface area contributed by atoms with E-state index in [2.05, 4.69) is 5.92 Å². The average molecular weight is 207 g/mol. The van der Waals surface area contributed by atoms with Gasteiger partial charge in [0, 0.05) is 6.42 Å². The minimum Gasteiger partial charge on any atom is -0.274 e. The SMILES string of the molecule is C#CC(C)N1C(=O)CC(C)(C(C)C)C1=O. The summed E-state index contributed by atoms with van der Waals surface area (Å²) in [5.41, 5.74) is -0.581. The molecule has 0 radical (unpaired) electrons. The molecule has 3 heteroatoms. The Kier molecular flexibility index (Phi) is 2.90. The van der Waals surface area contributed by atoms with Gasteiger partial charge in [-0.05, 0) is 19.8 Å². The molecule has 1 rings (SSSR count). The van der Waals surface area contributed by atoms with Crippen LogP contribution in [-0.2, 0) is 9.59 Å². The van der Waals surface area contributed by atoms with Crippen molar-refractivity contribution in [2.24, 2.45) is 11.3 Å². The van der Waals surface area contributed by atoms with E-state index in [0.717, 1.165) is 0 Å². The largest absolute Gasteiger partial charge is 0.274 e. The van der Waals surface area contributed by atoms with E-state index in [1.165, 1.54) is 4.90 Å². The van der Waals surface area contributed by atoms with E-state index in [4.69, 9.17) is 6.42 Å². The Morgan fingerprint density at radius 1 is 1.40 bits per heavy atom. The molecular weight excluding hydrogens is 190 g/mol. The van der Waals surface area contributed by atoms with Gasteiger partial charge in [-0.15, -0.1) is 6.42 Å². The van der Waals surface area contributed by atoms with Gasteiger partial charge in [-0.3, -0.25) is 14.5 Å².